The first kappa shape index (κ1) is 18.0. The molecule has 0 saturated heterocycles. The molecule has 0 aromatic rings. The molecule has 0 heterocycles. The monoisotopic (exact) mass is 282 g/mol. The van der Waals surface area contributed by atoms with Crippen molar-refractivity contribution < 1.29 is 0 Å². The molecule has 0 bridgehead atoms. The lowest BCUT2D eigenvalue weighted by Gasteiger charge is -2.36. The molecule has 1 aliphatic carbocycles. The van der Waals surface area contributed by atoms with Crippen molar-refractivity contribution >= 4 is 0 Å². The Morgan fingerprint density at radius 1 is 1.00 bits per heavy atom. The van der Waals surface area contributed by atoms with E-state index in [-0.39, 0.29) is 0 Å². The number of hydrogen-bond acceptors (Lipinski definition) is 2. The highest BCUT2D eigenvalue weighted by Crippen LogP contribution is 2.38. The van der Waals surface area contributed by atoms with Crippen LogP contribution in [0.25, 0.3) is 0 Å². The Morgan fingerprint density at radius 2 is 1.55 bits per heavy atom. The predicted molar refractivity (Wildman–Crippen MR) is 90.3 cm³/mol. The van der Waals surface area contributed by atoms with E-state index in [1.807, 2.05) is 0 Å². The molecule has 0 aromatic carbocycles. The molecule has 2 heteroatoms. The molecular weight excluding hydrogens is 244 g/mol. The summed E-state index contributed by atoms with van der Waals surface area (Å²) in [5.41, 5.74) is 0.561. The third-order valence-electron chi connectivity index (χ3n) is 4.76. The van der Waals surface area contributed by atoms with Crippen LogP contribution in [0.2, 0.25) is 0 Å². The molecule has 0 atom stereocenters. The van der Waals surface area contributed by atoms with E-state index < -0.39 is 0 Å². The molecule has 0 spiro atoms. The van der Waals surface area contributed by atoms with Crippen molar-refractivity contribution in [2.45, 2.75) is 85.1 Å². The number of nitrogens with one attached hydrogen (secondary N) is 1. The van der Waals surface area contributed by atoms with E-state index in [4.69, 9.17) is 0 Å². The fraction of sp³-hybridized carbons (Fsp3) is 1.00. The van der Waals surface area contributed by atoms with Crippen LogP contribution in [0, 0.1) is 5.41 Å². The zero-order valence-electron chi connectivity index (χ0n) is 14.5. The minimum absolute atomic E-state index is 0.561. The lowest BCUT2D eigenvalue weighted by Crippen LogP contribution is -2.44. The fourth-order valence-corrected chi connectivity index (χ4v) is 3.44. The zero-order chi connectivity index (χ0) is 14.8. The van der Waals surface area contributed by atoms with Gasteiger partial charge in [0, 0.05) is 19.1 Å². The number of rotatable bonds is 11. The van der Waals surface area contributed by atoms with Crippen molar-refractivity contribution in [1.29, 1.82) is 0 Å². The van der Waals surface area contributed by atoms with Gasteiger partial charge in [-0.3, -0.25) is 0 Å². The van der Waals surface area contributed by atoms with Gasteiger partial charge in [0.15, 0.2) is 0 Å². The summed E-state index contributed by atoms with van der Waals surface area (Å²) < 4.78 is 0. The van der Waals surface area contributed by atoms with Gasteiger partial charge < -0.3 is 10.2 Å². The zero-order valence-corrected chi connectivity index (χ0v) is 14.5. The Hall–Kier alpha value is -0.0800. The van der Waals surface area contributed by atoms with Gasteiger partial charge in [0.1, 0.15) is 0 Å². The summed E-state index contributed by atoms with van der Waals surface area (Å²) >= 11 is 0. The summed E-state index contributed by atoms with van der Waals surface area (Å²) in [5, 5.41) is 3.72. The van der Waals surface area contributed by atoms with Gasteiger partial charge >= 0.3 is 0 Å². The van der Waals surface area contributed by atoms with E-state index >= 15 is 0 Å². The first-order valence-electron chi connectivity index (χ1n) is 9.07. The summed E-state index contributed by atoms with van der Waals surface area (Å²) in [6, 6.07) is 0.618. The van der Waals surface area contributed by atoms with E-state index in [1.54, 1.807) is 0 Å². The Balaban J connectivity index is 2.54. The minimum atomic E-state index is 0.561. The molecule has 0 amide bonds. The van der Waals surface area contributed by atoms with Crippen LogP contribution in [0.1, 0.15) is 79.1 Å². The lowest BCUT2D eigenvalue weighted by atomic mass is 9.85. The Labute approximate surface area is 127 Å². The maximum atomic E-state index is 3.72. The van der Waals surface area contributed by atoms with Crippen LogP contribution in [0.4, 0.5) is 0 Å². The third kappa shape index (κ3) is 6.58. The van der Waals surface area contributed by atoms with E-state index in [0.717, 1.165) is 0 Å². The van der Waals surface area contributed by atoms with Crippen molar-refractivity contribution in [3.63, 3.8) is 0 Å². The summed E-state index contributed by atoms with van der Waals surface area (Å²) in [6.07, 6.45) is 11.1. The number of hydrogen-bond donors (Lipinski definition) is 1. The van der Waals surface area contributed by atoms with Crippen LogP contribution in [0.3, 0.4) is 0 Å². The predicted octanol–water partition coefficient (Wildman–Crippen LogP) is 4.45. The quantitative estimate of drug-likeness (QED) is 0.602. The number of nitrogens with zero attached hydrogens (tertiary/aromatic N) is 1. The van der Waals surface area contributed by atoms with Gasteiger partial charge in [-0.25, -0.2) is 0 Å². The second-order valence-corrected chi connectivity index (χ2v) is 7.23. The average Bonchev–Trinajstić information content (AvgIpc) is 2.89. The van der Waals surface area contributed by atoms with Crippen LogP contribution in [0.15, 0.2) is 0 Å². The highest BCUT2D eigenvalue weighted by molar-refractivity contribution is 4.90. The normalized spacial score (nSPS) is 18.3. The Morgan fingerprint density at radius 3 is 2.00 bits per heavy atom. The lowest BCUT2D eigenvalue weighted by molar-refractivity contribution is 0.143. The summed E-state index contributed by atoms with van der Waals surface area (Å²) in [6.45, 7) is 14.3. The molecule has 120 valence electrons. The fourth-order valence-electron chi connectivity index (χ4n) is 3.44. The first-order valence-corrected chi connectivity index (χ1v) is 9.07. The van der Waals surface area contributed by atoms with Gasteiger partial charge in [0.2, 0.25) is 0 Å². The molecule has 0 aromatic heterocycles. The standard InChI is InChI=1S/C18H38N2/c1-5-7-13-20(14-8-6-2)16-18(11-9-10-12-18)15-19-17(3)4/h17,19H,5-16H2,1-4H3. The molecule has 1 fully saturated rings. The largest absolute Gasteiger partial charge is 0.314 e. The molecule has 0 unspecified atom stereocenters. The highest BCUT2D eigenvalue weighted by Gasteiger charge is 2.35. The van der Waals surface area contributed by atoms with Gasteiger partial charge in [0.25, 0.3) is 0 Å². The molecule has 1 aliphatic rings. The van der Waals surface area contributed by atoms with Crippen molar-refractivity contribution in [2.24, 2.45) is 5.41 Å². The molecule has 20 heavy (non-hydrogen) atoms. The number of unbranched alkanes of at least 4 members (excludes halogenated alkanes) is 2. The van der Waals surface area contributed by atoms with E-state index in [9.17, 15) is 0 Å². The van der Waals surface area contributed by atoms with Crippen LogP contribution in [-0.2, 0) is 0 Å². The molecule has 0 radical (unpaired) electrons. The molecular formula is C18H38N2. The molecule has 0 aliphatic heterocycles. The summed E-state index contributed by atoms with van der Waals surface area (Å²) in [5.74, 6) is 0. The van der Waals surface area contributed by atoms with E-state index in [1.165, 1.54) is 77.5 Å². The molecule has 1 rings (SSSR count). The van der Waals surface area contributed by atoms with Crippen molar-refractivity contribution in [2.75, 3.05) is 26.2 Å². The van der Waals surface area contributed by atoms with Gasteiger partial charge in [0.05, 0.1) is 0 Å². The topological polar surface area (TPSA) is 15.3 Å². The third-order valence-corrected chi connectivity index (χ3v) is 4.76. The average molecular weight is 283 g/mol. The highest BCUT2D eigenvalue weighted by atomic mass is 15.1. The van der Waals surface area contributed by atoms with Crippen molar-refractivity contribution in [1.82, 2.24) is 10.2 Å². The van der Waals surface area contributed by atoms with E-state index in [0.29, 0.717) is 11.5 Å². The van der Waals surface area contributed by atoms with Crippen LogP contribution < -0.4 is 5.32 Å². The van der Waals surface area contributed by atoms with Crippen LogP contribution in [0.5, 0.6) is 0 Å². The van der Waals surface area contributed by atoms with Crippen LogP contribution in [-0.4, -0.2) is 37.1 Å². The summed E-state index contributed by atoms with van der Waals surface area (Å²) in [4.78, 5) is 2.76. The molecule has 1 N–H and O–H groups in total. The van der Waals surface area contributed by atoms with Gasteiger partial charge in [-0.1, -0.05) is 53.4 Å². The van der Waals surface area contributed by atoms with Gasteiger partial charge in [-0.15, -0.1) is 0 Å². The first-order chi connectivity index (χ1) is 9.62. The second kappa shape index (κ2) is 9.78. The Bertz CT molecular complexity index is 224. The second-order valence-electron chi connectivity index (χ2n) is 7.23. The smallest absolute Gasteiger partial charge is 0.00501 e. The van der Waals surface area contributed by atoms with Crippen molar-refractivity contribution in [3.8, 4) is 0 Å². The van der Waals surface area contributed by atoms with Gasteiger partial charge in [-0.05, 0) is 44.2 Å². The molecule has 2 nitrogen and oxygen atoms in total. The maximum Gasteiger partial charge on any atom is 0.00501 e. The van der Waals surface area contributed by atoms with Crippen LogP contribution >= 0.6 is 0 Å². The van der Waals surface area contributed by atoms with E-state index in [2.05, 4.69) is 37.9 Å². The Kier molecular flexibility index (Phi) is 8.79. The van der Waals surface area contributed by atoms with Crippen molar-refractivity contribution in [3.05, 3.63) is 0 Å². The summed E-state index contributed by atoms with van der Waals surface area (Å²) in [7, 11) is 0. The maximum absolute atomic E-state index is 3.72. The minimum Gasteiger partial charge on any atom is -0.314 e. The SMILES string of the molecule is CCCCN(CCCC)CC1(CNC(C)C)CCCC1. The molecule has 1 saturated carbocycles. The van der Waals surface area contributed by atoms with Gasteiger partial charge in [-0.2, -0.15) is 0 Å².